The van der Waals surface area contributed by atoms with Crippen LogP contribution in [0.15, 0.2) is 24.3 Å². The number of nitrogens with two attached hydrogens (primary N) is 1. The van der Waals surface area contributed by atoms with Gasteiger partial charge in [0.2, 0.25) is 0 Å². The summed E-state index contributed by atoms with van der Waals surface area (Å²) in [7, 11) is 0. The molecule has 2 N–H and O–H groups in total. The van der Waals surface area contributed by atoms with E-state index in [-0.39, 0.29) is 12.8 Å². The van der Waals surface area contributed by atoms with Crippen molar-refractivity contribution in [3.63, 3.8) is 0 Å². The van der Waals surface area contributed by atoms with Gasteiger partial charge < -0.3 is 10.5 Å². The van der Waals surface area contributed by atoms with Crippen LogP contribution >= 0.6 is 0 Å². The summed E-state index contributed by atoms with van der Waals surface area (Å²) in [5.74, 6) is -0.416. The molecule has 0 bridgehead atoms. The number of nitrogens with zero attached hydrogens (tertiary/aromatic N) is 1. The third-order valence-electron chi connectivity index (χ3n) is 3.61. The highest BCUT2D eigenvalue weighted by atomic mass is 19.4. The van der Waals surface area contributed by atoms with Crippen molar-refractivity contribution in [2.75, 3.05) is 32.0 Å². The van der Waals surface area contributed by atoms with Crippen molar-refractivity contribution in [1.29, 1.82) is 0 Å². The molecule has 1 saturated heterocycles. The standard InChI is InChI=1S/C14H19F3N2O/c15-14(16,17)11-5-7-19(8-6-11)9-10-20-13-3-1-12(18)2-4-13/h1-4,11H,5-10,18H2. The average molecular weight is 288 g/mol. The van der Waals surface area contributed by atoms with Crippen molar-refractivity contribution in [3.05, 3.63) is 24.3 Å². The zero-order valence-corrected chi connectivity index (χ0v) is 11.2. The molecule has 1 fully saturated rings. The van der Waals surface area contributed by atoms with E-state index in [0.717, 1.165) is 5.75 Å². The first-order valence-corrected chi connectivity index (χ1v) is 6.72. The van der Waals surface area contributed by atoms with Gasteiger partial charge in [0.15, 0.2) is 0 Å². The molecule has 0 radical (unpaired) electrons. The van der Waals surface area contributed by atoms with E-state index < -0.39 is 12.1 Å². The summed E-state index contributed by atoms with van der Waals surface area (Å²) in [6.45, 7) is 2.08. The summed E-state index contributed by atoms with van der Waals surface area (Å²) >= 11 is 0. The van der Waals surface area contributed by atoms with E-state index in [9.17, 15) is 13.2 Å². The SMILES string of the molecule is Nc1ccc(OCCN2CCC(C(F)(F)F)CC2)cc1. The number of rotatable bonds is 4. The van der Waals surface area contributed by atoms with Crippen LogP contribution in [0.25, 0.3) is 0 Å². The van der Waals surface area contributed by atoms with E-state index in [0.29, 0.717) is 31.9 Å². The topological polar surface area (TPSA) is 38.5 Å². The predicted molar refractivity (Wildman–Crippen MR) is 71.6 cm³/mol. The zero-order valence-electron chi connectivity index (χ0n) is 11.2. The van der Waals surface area contributed by atoms with E-state index in [4.69, 9.17) is 10.5 Å². The number of anilines is 1. The van der Waals surface area contributed by atoms with Gasteiger partial charge in [-0.25, -0.2) is 0 Å². The lowest BCUT2D eigenvalue weighted by Gasteiger charge is -2.32. The molecule has 1 heterocycles. The second kappa shape index (κ2) is 6.35. The maximum absolute atomic E-state index is 12.5. The first-order chi connectivity index (χ1) is 9.45. The van der Waals surface area contributed by atoms with Crippen LogP contribution < -0.4 is 10.5 Å². The molecular weight excluding hydrogens is 269 g/mol. The molecule has 1 aromatic carbocycles. The van der Waals surface area contributed by atoms with Crippen molar-refractivity contribution in [2.45, 2.75) is 19.0 Å². The number of piperidine rings is 1. The summed E-state index contributed by atoms with van der Waals surface area (Å²) in [5, 5.41) is 0. The smallest absolute Gasteiger partial charge is 0.391 e. The summed E-state index contributed by atoms with van der Waals surface area (Å²) in [4.78, 5) is 2.01. The molecule has 0 spiro atoms. The molecule has 0 atom stereocenters. The Hall–Kier alpha value is -1.43. The monoisotopic (exact) mass is 288 g/mol. The van der Waals surface area contributed by atoms with Gasteiger partial charge in [-0.3, -0.25) is 4.90 Å². The number of likely N-dealkylation sites (tertiary alicyclic amines) is 1. The molecule has 6 heteroatoms. The lowest BCUT2D eigenvalue weighted by molar-refractivity contribution is -0.185. The Morgan fingerprint density at radius 3 is 2.30 bits per heavy atom. The Bertz CT molecular complexity index is 411. The zero-order chi connectivity index (χ0) is 14.6. The van der Waals surface area contributed by atoms with Crippen molar-refractivity contribution in [2.24, 2.45) is 5.92 Å². The molecule has 0 saturated carbocycles. The van der Waals surface area contributed by atoms with Gasteiger partial charge >= 0.3 is 6.18 Å². The Morgan fingerprint density at radius 1 is 1.15 bits per heavy atom. The van der Waals surface area contributed by atoms with Crippen LogP contribution in [0, 0.1) is 5.92 Å². The van der Waals surface area contributed by atoms with Crippen LogP contribution in [-0.2, 0) is 0 Å². The minimum absolute atomic E-state index is 0.186. The third-order valence-corrected chi connectivity index (χ3v) is 3.61. The van der Waals surface area contributed by atoms with Crippen molar-refractivity contribution in [3.8, 4) is 5.75 Å². The maximum Gasteiger partial charge on any atom is 0.391 e. The second-order valence-electron chi connectivity index (χ2n) is 5.08. The fourth-order valence-electron chi connectivity index (χ4n) is 2.34. The third kappa shape index (κ3) is 4.30. The summed E-state index contributed by atoms with van der Waals surface area (Å²) < 4.78 is 43.1. The fraction of sp³-hybridized carbons (Fsp3) is 0.571. The molecule has 1 aliphatic heterocycles. The van der Waals surface area contributed by atoms with Crippen molar-refractivity contribution in [1.82, 2.24) is 4.90 Å². The highest BCUT2D eigenvalue weighted by Crippen LogP contribution is 2.33. The highest BCUT2D eigenvalue weighted by Gasteiger charge is 2.40. The molecule has 2 rings (SSSR count). The van der Waals surface area contributed by atoms with Gasteiger partial charge in [0.25, 0.3) is 0 Å². The number of alkyl halides is 3. The number of ether oxygens (including phenoxy) is 1. The van der Waals surface area contributed by atoms with Crippen LogP contribution in [-0.4, -0.2) is 37.3 Å². The van der Waals surface area contributed by atoms with E-state index in [2.05, 4.69) is 0 Å². The van der Waals surface area contributed by atoms with Gasteiger partial charge in [-0.15, -0.1) is 0 Å². The largest absolute Gasteiger partial charge is 0.492 e. The Morgan fingerprint density at radius 2 is 1.75 bits per heavy atom. The van der Waals surface area contributed by atoms with E-state index in [1.165, 1.54) is 0 Å². The van der Waals surface area contributed by atoms with Crippen LogP contribution in [0.5, 0.6) is 5.75 Å². The van der Waals surface area contributed by atoms with Crippen LogP contribution in [0.1, 0.15) is 12.8 Å². The predicted octanol–water partition coefficient (Wildman–Crippen LogP) is 2.92. The minimum Gasteiger partial charge on any atom is -0.492 e. The van der Waals surface area contributed by atoms with Crippen LogP contribution in [0.2, 0.25) is 0 Å². The van der Waals surface area contributed by atoms with Gasteiger partial charge in [0.05, 0.1) is 5.92 Å². The first-order valence-electron chi connectivity index (χ1n) is 6.72. The van der Waals surface area contributed by atoms with E-state index in [1.807, 2.05) is 4.90 Å². The molecule has 0 amide bonds. The molecule has 0 unspecified atom stereocenters. The van der Waals surface area contributed by atoms with Gasteiger partial charge in [-0.05, 0) is 50.2 Å². The lowest BCUT2D eigenvalue weighted by Crippen LogP contribution is -2.40. The molecule has 0 aromatic heterocycles. The number of benzene rings is 1. The summed E-state index contributed by atoms with van der Waals surface area (Å²) in [6, 6.07) is 7.07. The number of nitrogen functional groups attached to an aromatic ring is 1. The molecule has 0 aliphatic carbocycles. The fourth-order valence-corrected chi connectivity index (χ4v) is 2.34. The van der Waals surface area contributed by atoms with Gasteiger partial charge in [0, 0.05) is 12.2 Å². The number of hydrogen-bond donors (Lipinski definition) is 1. The summed E-state index contributed by atoms with van der Waals surface area (Å²) in [6.07, 6.45) is -3.68. The molecular formula is C14H19F3N2O. The van der Waals surface area contributed by atoms with Gasteiger partial charge in [-0.2, -0.15) is 13.2 Å². The minimum atomic E-state index is -4.05. The second-order valence-corrected chi connectivity index (χ2v) is 5.08. The van der Waals surface area contributed by atoms with Gasteiger partial charge in [-0.1, -0.05) is 0 Å². The molecule has 3 nitrogen and oxygen atoms in total. The Kier molecular flexibility index (Phi) is 4.75. The highest BCUT2D eigenvalue weighted by molar-refractivity contribution is 5.41. The van der Waals surface area contributed by atoms with Crippen molar-refractivity contribution >= 4 is 5.69 Å². The summed E-state index contributed by atoms with van der Waals surface area (Å²) in [5.41, 5.74) is 6.24. The van der Waals surface area contributed by atoms with Crippen LogP contribution in [0.4, 0.5) is 18.9 Å². The number of halogens is 3. The Balaban J connectivity index is 1.67. The van der Waals surface area contributed by atoms with Gasteiger partial charge in [0.1, 0.15) is 12.4 Å². The lowest BCUT2D eigenvalue weighted by atomic mass is 9.96. The van der Waals surface area contributed by atoms with Crippen LogP contribution in [0.3, 0.4) is 0 Å². The normalized spacial score (nSPS) is 18.1. The quantitative estimate of drug-likeness (QED) is 0.866. The molecule has 20 heavy (non-hydrogen) atoms. The van der Waals surface area contributed by atoms with Crippen molar-refractivity contribution < 1.29 is 17.9 Å². The molecule has 1 aromatic rings. The Labute approximate surface area is 116 Å². The first kappa shape index (κ1) is 15.0. The van der Waals surface area contributed by atoms with E-state index >= 15 is 0 Å². The average Bonchev–Trinajstić information content (AvgIpc) is 2.41. The maximum atomic E-state index is 12.5. The molecule has 112 valence electrons. The molecule has 1 aliphatic rings. The number of hydrogen-bond acceptors (Lipinski definition) is 3. The van der Waals surface area contributed by atoms with E-state index in [1.54, 1.807) is 24.3 Å².